The number of benzene rings is 3. The average Bonchev–Trinajstić information content (AvgIpc) is 2.69. The molecule has 0 aliphatic carbocycles. The predicted molar refractivity (Wildman–Crippen MR) is 103 cm³/mol. The van der Waals surface area contributed by atoms with Gasteiger partial charge in [0.15, 0.2) is 0 Å². The van der Waals surface area contributed by atoms with Crippen molar-refractivity contribution in [2.24, 2.45) is 5.10 Å². The lowest BCUT2D eigenvalue weighted by Crippen LogP contribution is -2.18. The molecule has 130 valence electrons. The van der Waals surface area contributed by atoms with Crippen LogP contribution in [0.5, 0.6) is 5.75 Å². The first kappa shape index (κ1) is 17.4. The van der Waals surface area contributed by atoms with E-state index in [0.29, 0.717) is 17.9 Å². The first-order valence-corrected chi connectivity index (χ1v) is 8.39. The number of carbonyl (C=O) groups excluding carboxylic acids is 1. The van der Waals surface area contributed by atoms with Crippen LogP contribution in [0.2, 0.25) is 0 Å². The second-order valence-corrected chi connectivity index (χ2v) is 5.83. The Morgan fingerprint density at radius 1 is 0.962 bits per heavy atom. The number of para-hydroxylation sites is 1. The lowest BCUT2D eigenvalue weighted by molar-refractivity contribution is 0.0950. The average molecular weight is 344 g/mol. The summed E-state index contributed by atoms with van der Waals surface area (Å²) >= 11 is 0. The summed E-state index contributed by atoms with van der Waals surface area (Å²) in [6.45, 7) is 2.40. The van der Waals surface area contributed by atoms with Gasteiger partial charge in [0.2, 0.25) is 0 Å². The second-order valence-electron chi connectivity index (χ2n) is 5.83. The summed E-state index contributed by atoms with van der Waals surface area (Å²) in [7, 11) is 0. The first-order chi connectivity index (χ1) is 12.7. The number of ether oxygens (including phenoxy) is 1. The van der Waals surface area contributed by atoms with Crippen LogP contribution in [-0.4, -0.2) is 12.1 Å². The smallest absolute Gasteiger partial charge is 0.275 e. The molecule has 0 heterocycles. The maximum atomic E-state index is 12.4. The van der Waals surface area contributed by atoms with Crippen LogP contribution < -0.4 is 10.2 Å². The van der Waals surface area contributed by atoms with Crippen molar-refractivity contribution in [3.05, 3.63) is 101 Å². The SMILES string of the molecule is Cc1ccccc1/C=N\NC(=O)c1ccccc1OCc1ccccc1. The Morgan fingerprint density at radius 3 is 2.46 bits per heavy atom. The fraction of sp³-hybridized carbons (Fsp3) is 0.0909. The number of hydrogen-bond donors (Lipinski definition) is 1. The van der Waals surface area contributed by atoms with E-state index < -0.39 is 0 Å². The molecule has 3 aromatic rings. The highest BCUT2D eigenvalue weighted by Gasteiger charge is 2.11. The molecular weight excluding hydrogens is 324 g/mol. The molecule has 0 radical (unpaired) electrons. The summed E-state index contributed by atoms with van der Waals surface area (Å²) < 4.78 is 5.82. The van der Waals surface area contributed by atoms with Gasteiger partial charge in [0.1, 0.15) is 12.4 Å². The molecule has 0 saturated carbocycles. The number of amides is 1. The minimum atomic E-state index is -0.307. The van der Waals surface area contributed by atoms with Gasteiger partial charge >= 0.3 is 0 Å². The molecule has 4 nitrogen and oxygen atoms in total. The Bertz CT molecular complexity index is 905. The van der Waals surface area contributed by atoms with Crippen LogP contribution in [0, 0.1) is 6.92 Å². The standard InChI is InChI=1S/C22H20N2O2/c1-17-9-5-6-12-19(17)15-23-24-22(25)20-13-7-8-14-21(20)26-16-18-10-3-2-4-11-18/h2-15H,16H2,1H3,(H,24,25)/b23-15-. The van der Waals surface area contributed by atoms with E-state index in [0.717, 1.165) is 16.7 Å². The van der Waals surface area contributed by atoms with Crippen molar-refractivity contribution in [2.75, 3.05) is 0 Å². The van der Waals surface area contributed by atoms with Gasteiger partial charge in [-0.3, -0.25) is 4.79 Å². The topological polar surface area (TPSA) is 50.7 Å². The zero-order valence-corrected chi connectivity index (χ0v) is 14.6. The monoisotopic (exact) mass is 344 g/mol. The number of aryl methyl sites for hydroxylation is 1. The largest absolute Gasteiger partial charge is 0.488 e. The molecule has 0 aliphatic heterocycles. The predicted octanol–water partition coefficient (Wildman–Crippen LogP) is 4.34. The van der Waals surface area contributed by atoms with Gasteiger partial charge in [-0.2, -0.15) is 5.10 Å². The molecule has 0 bridgehead atoms. The highest BCUT2D eigenvalue weighted by molar-refractivity contribution is 5.97. The van der Waals surface area contributed by atoms with Crippen molar-refractivity contribution in [2.45, 2.75) is 13.5 Å². The van der Waals surface area contributed by atoms with Gasteiger partial charge in [0, 0.05) is 0 Å². The summed E-state index contributed by atoms with van der Waals surface area (Å²) in [4.78, 5) is 12.4. The van der Waals surface area contributed by atoms with Crippen molar-refractivity contribution < 1.29 is 9.53 Å². The molecule has 3 rings (SSSR count). The fourth-order valence-corrected chi connectivity index (χ4v) is 2.47. The first-order valence-electron chi connectivity index (χ1n) is 8.39. The van der Waals surface area contributed by atoms with E-state index in [1.807, 2.05) is 67.6 Å². The molecule has 3 aromatic carbocycles. The maximum absolute atomic E-state index is 12.4. The third-order valence-electron chi connectivity index (χ3n) is 3.93. The summed E-state index contributed by atoms with van der Waals surface area (Å²) in [5, 5.41) is 4.06. The van der Waals surface area contributed by atoms with Crippen LogP contribution in [0.25, 0.3) is 0 Å². The van der Waals surface area contributed by atoms with Gasteiger partial charge in [-0.15, -0.1) is 0 Å². The van der Waals surface area contributed by atoms with Crippen LogP contribution in [0.4, 0.5) is 0 Å². The highest BCUT2D eigenvalue weighted by Crippen LogP contribution is 2.19. The quantitative estimate of drug-likeness (QED) is 0.534. The van der Waals surface area contributed by atoms with E-state index in [-0.39, 0.29) is 5.91 Å². The van der Waals surface area contributed by atoms with E-state index in [4.69, 9.17) is 4.74 Å². The Labute approximate surface area is 153 Å². The Balaban J connectivity index is 1.67. The Morgan fingerprint density at radius 2 is 1.65 bits per heavy atom. The molecule has 0 unspecified atom stereocenters. The van der Waals surface area contributed by atoms with Crippen molar-refractivity contribution >= 4 is 12.1 Å². The van der Waals surface area contributed by atoms with Crippen molar-refractivity contribution in [1.82, 2.24) is 5.43 Å². The third kappa shape index (κ3) is 4.57. The minimum absolute atomic E-state index is 0.307. The summed E-state index contributed by atoms with van der Waals surface area (Å²) in [6, 6.07) is 24.8. The van der Waals surface area contributed by atoms with Crippen LogP contribution in [0.3, 0.4) is 0 Å². The van der Waals surface area contributed by atoms with Gasteiger partial charge in [-0.25, -0.2) is 5.43 Å². The minimum Gasteiger partial charge on any atom is -0.488 e. The molecule has 4 heteroatoms. The van der Waals surface area contributed by atoms with Gasteiger partial charge in [0.05, 0.1) is 11.8 Å². The van der Waals surface area contributed by atoms with Crippen LogP contribution >= 0.6 is 0 Å². The van der Waals surface area contributed by atoms with Gasteiger partial charge in [-0.1, -0.05) is 66.7 Å². The highest BCUT2D eigenvalue weighted by atomic mass is 16.5. The zero-order valence-electron chi connectivity index (χ0n) is 14.6. The van der Waals surface area contributed by atoms with Crippen molar-refractivity contribution in [3.63, 3.8) is 0 Å². The van der Waals surface area contributed by atoms with E-state index in [1.54, 1.807) is 24.4 Å². The lowest BCUT2D eigenvalue weighted by atomic mass is 10.1. The van der Waals surface area contributed by atoms with Gasteiger partial charge in [0.25, 0.3) is 5.91 Å². The number of hydrogen-bond acceptors (Lipinski definition) is 3. The maximum Gasteiger partial charge on any atom is 0.275 e. The summed E-state index contributed by atoms with van der Waals surface area (Å²) in [6.07, 6.45) is 1.64. The Hall–Kier alpha value is -3.40. The van der Waals surface area contributed by atoms with Crippen molar-refractivity contribution in [1.29, 1.82) is 0 Å². The van der Waals surface area contributed by atoms with Crippen LogP contribution in [-0.2, 0) is 6.61 Å². The summed E-state index contributed by atoms with van der Waals surface area (Å²) in [5.41, 5.74) is 6.11. The number of rotatable bonds is 6. The molecule has 1 N–H and O–H groups in total. The third-order valence-corrected chi connectivity index (χ3v) is 3.93. The number of hydrazone groups is 1. The molecule has 0 aliphatic rings. The van der Waals surface area contributed by atoms with E-state index in [9.17, 15) is 4.79 Å². The van der Waals surface area contributed by atoms with E-state index in [1.165, 1.54) is 0 Å². The number of nitrogens with one attached hydrogen (secondary N) is 1. The number of carbonyl (C=O) groups is 1. The van der Waals surface area contributed by atoms with Gasteiger partial charge in [-0.05, 0) is 35.7 Å². The molecule has 0 saturated heterocycles. The van der Waals surface area contributed by atoms with E-state index >= 15 is 0 Å². The van der Waals surface area contributed by atoms with E-state index in [2.05, 4.69) is 10.5 Å². The molecule has 1 amide bonds. The van der Waals surface area contributed by atoms with Gasteiger partial charge < -0.3 is 4.74 Å². The van der Waals surface area contributed by atoms with Crippen LogP contribution in [0.15, 0.2) is 84.0 Å². The second kappa shape index (κ2) is 8.62. The zero-order chi connectivity index (χ0) is 18.2. The van der Waals surface area contributed by atoms with Crippen LogP contribution in [0.1, 0.15) is 27.0 Å². The Kier molecular flexibility index (Phi) is 5.78. The fourth-order valence-electron chi connectivity index (χ4n) is 2.47. The molecule has 0 spiro atoms. The molecule has 0 fully saturated rings. The molecular formula is C22H20N2O2. The molecule has 0 aromatic heterocycles. The molecule has 0 atom stereocenters. The lowest BCUT2D eigenvalue weighted by Gasteiger charge is -2.10. The molecule has 26 heavy (non-hydrogen) atoms. The van der Waals surface area contributed by atoms with Crippen molar-refractivity contribution in [3.8, 4) is 5.75 Å². The summed E-state index contributed by atoms with van der Waals surface area (Å²) in [5.74, 6) is 0.221. The number of nitrogens with zero attached hydrogens (tertiary/aromatic N) is 1. The normalized spacial score (nSPS) is 10.7.